The molecular formula is C13H20N2O3S. The molecule has 0 amide bonds. The summed E-state index contributed by atoms with van der Waals surface area (Å²) in [4.78, 5) is 4.09. The minimum absolute atomic E-state index is 0.204. The van der Waals surface area contributed by atoms with Crippen LogP contribution in [-0.4, -0.2) is 24.0 Å². The summed E-state index contributed by atoms with van der Waals surface area (Å²) in [6, 6.07) is 3.35. The van der Waals surface area contributed by atoms with Gasteiger partial charge >= 0.3 is 10.1 Å². The van der Waals surface area contributed by atoms with Crippen molar-refractivity contribution < 1.29 is 13.0 Å². The van der Waals surface area contributed by atoms with Crippen molar-refractivity contribution >= 4 is 10.1 Å². The van der Waals surface area contributed by atoms with E-state index in [1.54, 1.807) is 6.07 Å². The quantitative estimate of drug-likeness (QED) is 0.809. The third kappa shape index (κ3) is 3.75. The van der Waals surface area contributed by atoms with Gasteiger partial charge in [0.15, 0.2) is 5.03 Å². The summed E-state index contributed by atoms with van der Waals surface area (Å²) in [5, 5.41) is 3.18. The Morgan fingerprint density at radius 1 is 1.42 bits per heavy atom. The average molecular weight is 284 g/mol. The van der Waals surface area contributed by atoms with Gasteiger partial charge in [-0.2, -0.15) is 8.42 Å². The maximum Gasteiger partial charge on any atom is 0.312 e. The molecule has 0 radical (unpaired) electrons. The van der Waals surface area contributed by atoms with Crippen LogP contribution < -0.4 is 5.32 Å². The standard InChI is InChI=1S/C13H20N2O3S/c1-13(2,3)7-10-6-11-9(8-14-10)4-5-12(15-11)19(16,17)18/h4-5,10,14H,6-8H2,1-3H3,(H,16,17,18). The molecule has 1 atom stereocenters. The zero-order chi connectivity index (χ0) is 14.3. The van der Waals surface area contributed by atoms with Crippen LogP contribution in [-0.2, 0) is 23.1 Å². The van der Waals surface area contributed by atoms with Crippen LogP contribution in [0.15, 0.2) is 17.2 Å². The number of aromatic nitrogens is 1. The van der Waals surface area contributed by atoms with Gasteiger partial charge in [-0.15, -0.1) is 0 Å². The van der Waals surface area contributed by atoms with Crippen molar-refractivity contribution in [1.29, 1.82) is 0 Å². The molecule has 19 heavy (non-hydrogen) atoms. The fourth-order valence-corrected chi connectivity index (χ4v) is 2.90. The molecule has 1 aliphatic heterocycles. The summed E-state index contributed by atoms with van der Waals surface area (Å²) < 4.78 is 31.2. The van der Waals surface area contributed by atoms with Crippen molar-refractivity contribution in [2.24, 2.45) is 5.41 Å². The zero-order valence-corrected chi connectivity index (χ0v) is 12.3. The van der Waals surface area contributed by atoms with Crippen LogP contribution >= 0.6 is 0 Å². The maximum atomic E-state index is 11.1. The Kier molecular flexibility index (Phi) is 3.68. The van der Waals surface area contributed by atoms with Crippen molar-refractivity contribution in [3.05, 3.63) is 23.4 Å². The van der Waals surface area contributed by atoms with Crippen LogP contribution in [0.3, 0.4) is 0 Å². The zero-order valence-electron chi connectivity index (χ0n) is 11.5. The van der Waals surface area contributed by atoms with Gasteiger partial charge in [-0.1, -0.05) is 26.8 Å². The molecular weight excluding hydrogens is 264 g/mol. The van der Waals surface area contributed by atoms with Crippen LogP contribution in [0.5, 0.6) is 0 Å². The van der Waals surface area contributed by atoms with Gasteiger partial charge in [0, 0.05) is 24.7 Å². The number of rotatable bonds is 2. The molecule has 0 fully saturated rings. The summed E-state index contributed by atoms with van der Waals surface area (Å²) in [7, 11) is -4.22. The van der Waals surface area contributed by atoms with Gasteiger partial charge in [0.25, 0.3) is 0 Å². The minimum Gasteiger partial charge on any atom is -0.309 e. The molecule has 1 unspecified atom stereocenters. The molecule has 1 aliphatic rings. The number of nitrogens with zero attached hydrogens (tertiary/aromatic N) is 1. The van der Waals surface area contributed by atoms with E-state index in [-0.39, 0.29) is 16.5 Å². The highest BCUT2D eigenvalue weighted by Crippen LogP contribution is 2.26. The highest BCUT2D eigenvalue weighted by Gasteiger charge is 2.25. The van der Waals surface area contributed by atoms with Gasteiger partial charge in [0.1, 0.15) is 0 Å². The van der Waals surface area contributed by atoms with E-state index in [2.05, 4.69) is 31.1 Å². The van der Waals surface area contributed by atoms with Gasteiger partial charge in [-0.3, -0.25) is 4.55 Å². The molecule has 5 nitrogen and oxygen atoms in total. The topological polar surface area (TPSA) is 79.3 Å². The lowest BCUT2D eigenvalue weighted by atomic mass is 9.85. The second-order valence-electron chi connectivity index (χ2n) is 6.28. The number of fused-ring (bicyclic) bond motifs is 1. The van der Waals surface area contributed by atoms with Crippen molar-refractivity contribution in [3.63, 3.8) is 0 Å². The molecule has 0 saturated carbocycles. The fraction of sp³-hybridized carbons (Fsp3) is 0.615. The largest absolute Gasteiger partial charge is 0.312 e. The van der Waals surface area contributed by atoms with Crippen LogP contribution in [0.2, 0.25) is 0 Å². The van der Waals surface area contributed by atoms with Crippen molar-refractivity contribution in [1.82, 2.24) is 10.3 Å². The van der Waals surface area contributed by atoms with E-state index in [4.69, 9.17) is 4.55 Å². The highest BCUT2D eigenvalue weighted by atomic mass is 32.2. The van der Waals surface area contributed by atoms with Crippen molar-refractivity contribution in [2.45, 2.75) is 51.2 Å². The molecule has 6 heteroatoms. The minimum atomic E-state index is -4.22. The summed E-state index contributed by atoms with van der Waals surface area (Å²) in [6.45, 7) is 7.21. The van der Waals surface area contributed by atoms with E-state index in [1.165, 1.54) is 6.07 Å². The van der Waals surface area contributed by atoms with Crippen LogP contribution in [0, 0.1) is 5.41 Å². The second-order valence-corrected chi connectivity index (χ2v) is 7.65. The van der Waals surface area contributed by atoms with Gasteiger partial charge < -0.3 is 5.32 Å². The maximum absolute atomic E-state index is 11.1. The Balaban J connectivity index is 2.24. The molecule has 0 aromatic carbocycles. The summed E-state index contributed by atoms with van der Waals surface area (Å²) >= 11 is 0. The first-order valence-electron chi connectivity index (χ1n) is 6.35. The summed E-state index contributed by atoms with van der Waals surface area (Å²) in [5.74, 6) is 0. The fourth-order valence-electron chi connectivity index (χ4n) is 2.43. The molecule has 2 N–H and O–H groups in total. The van der Waals surface area contributed by atoms with Gasteiger partial charge in [0.05, 0.1) is 0 Å². The summed E-state index contributed by atoms with van der Waals surface area (Å²) in [6.07, 6.45) is 1.68. The van der Waals surface area contributed by atoms with E-state index in [1.807, 2.05) is 0 Å². The Hall–Kier alpha value is -0.980. The van der Waals surface area contributed by atoms with E-state index in [0.717, 1.165) is 17.7 Å². The molecule has 106 valence electrons. The first-order valence-corrected chi connectivity index (χ1v) is 7.79. The Labute approximate surface area is 114 Å². The van der Waals surface area contributed by atoms with E-state index in [9.17, 15) is 8.42 Å². The van der Waals surface area contributed by atoms with Crippen molar-refractivity contribution in [3.8, 4) is 0 Å². The van der Waals surface area contributed by atoms with Gasteiger partial charge in [-0.25, -0.2) is 4.98 Å². The molecule has 0 aliphatic carbocycles. The van der Waals surface area contributed by atoms with E-state index >= 15 is 0 Å². The SMILES string of the molecule is CC(C)(C)CC1Cc2nc(S(=O)(=O)O)ccc2CN1. The van der Waals surface area contributed by atoms with E-state index < -0.39 is 10.1 Å². The lowest BCUT2D eigenvalue weighted by molar-refractivity contribution is 0.295. The monoisotopic (exact) mass is 284 g/mol. The molecule has 2 rings (SSSR count). The molecule has 0 bridgehead atoms. The predicted octanol–water partition coefficient (Wildman–Crippen LogP) is 1.78. The van der Waals surface area contributed by atoms with E-state index in [0.29, 0.717) is 13.0 Å². The Bertz CT molecular complexity index is 576. The smallest absolute Gasteiger partial charge is 0.309 e. The third-order valence-electron chi connectivity index (χ3n) is 3.19. The highest BCUT2D eigenvalue weighted by molar-refractivity contribution is 7.85. The van der Waals surface area contributed by atoms with Crippen LogP contribution in [0.1, 0.15) is 38.4 Å². The Morgan fingerprint density at radius 2 is 2.11 bits per heavy atom. The molecule has 1 aromatic rings. The predicted molar refractivity (Wildman–Crippen MR) is 72.5 cm³/mol. The first kappa shape index (κ1) is 14.4. The summed E-state index contributed by atoms with van der Waals surface area (Å²) in [5.41, 5.74) is 1.97. The second kappa shape index (κ2) is 4.85. The Morgan fingerprint density at radius 3 is 2.68 bits per heavy atom. The van der Waals surface area contributed by atoms with Crippen LogP contribution in [0.4, 0.5) is 0 Å². The lowest BCUT2D eigenvalue weighted by Crippen LogP contribution is -2.38. The average Bonchev–Trinajstić information content (AvgIpc) is 2.24. The molecule has 0 saturated heterocycles. The third-order valence-corrected chi connectivity index (χ3v) is 3.94. The van der Waals surface area contributed by atoms with Crippen molar-refractivity contribution in [2.75, 3.05) is 0 Å². The first-order chi connectivity index (χ1) is 8.65. The number of hydrogen-bond donors (Lipinski definition) is 2. The normalized spacial score (nSPS) is 20.1. The lowest BCUT2D eigenvalue weighted by Gasteiger charge is -2.30. The van der Waals surface area contributed by atoms with Gasteiger partial charge in [0.2, 0.25) is 0 Å². The molecule has 2 heterocycles. The number of hydrogen-bond acceptors (Lipinski definition) is 4. The van der Waals surface area contributed by atoms with Gasteiger partial charge in [-0.05, 0) is 23.5 Å². The number of pyridine rings is 1. The van der Waals surface area contributed by atoms with Crippen LogP contribution in [0.25, 0.3) is 0 Å². The molecule has 0 spiro atoms. The molecule has 1 aromatic heterocycles. The number of nitrogens with one attached hydrogen (secondary N) is 1.